The molecule has 4 atom stereocenters. The summed E-state index contributed by atoms with van der Waals surface area (Å²) in [6.07, 6.45) is 1.97. The van der Waals surface area contributed by atoms with Crippen molar-refractivity contribution in [3.63, 3.8) is 0 Å². The number of benzene rings is 1. The highest BCUT2D eigenvalue weighted by atomic mass is 16.6. The number of ether oxygens (including phenoxy) is 1. The molecule has 1 fully saturated rings. The van der Waals surface area contributed by atoms with Gasteiger partial charge in [0.1, 0.15) is 12.6 Å². The maximum atomic E-state index is 11.8. The molecule has 5 nitrogen and oxygen atoms in total. The molecule has 2 aliphatic rings. The zero-order valence-electron chi connectivity index (χ0n) is 11.2. The Bertz CT molecular complexity index is 621. The Labute approximate surface area is 121 Å². The van der Waals surface area contributed by atoms with Crippen LogP contribution in [0.3, 0.4) is 0 Å². The van der Waals surface area contributed by atoms with Crippen molar-refractivity contribution in [3.8, 4) is 0 Å². The summed E-state index contributed by atoms with van der Waals surface area (Å²) < 4.78 is 4.63. The van der Waals surface area contributed by atoms with Crippen LogP contribution in [0, 0.1) is 11.8 Å². The Hall–Kier alpha value is -2.30. The number of fused-ring (bicyclic) bond motifs is 1. The summed E-state index contributed by atoms with van der Waals surface area (Å²) in [5.41, 5.74) is 1.64. The minimum atomic E-state index is -0.561. The summed E-state index contributed by atoms with van der Waals surface area (Å²) in [6, 6.07) is 7.29. The van der Waals surface area contributed by atoms with Gasteiger partial charge in [-0.05, 0) is 23.5 Å². The minimum Gasteiger partial charge on any atom is -0.393 e. The quantitative estimate of drug-likeness (QED) is 0.476. The molecular formula is C16H14O5. The number of rotatable bonds is 3. The van der Waals surface area contributed by atoms with E-state index >= 15 is 0 Å². The highest BCUT2D eigenvalue weighted by molar-refractivity contribution is 5.95. The van der Waals surface area contributed by atoms with E-state index in [4.69, 9.17) is 0 Å². The molecule has 1 heterocycles. The standard InChI is InChI=1S/C16H14O5/c17-7-9-5-12(13-6-15(19)21-16(13)20)10-3-1-2-4-11(10)14(9)8-18/h1-4,7-9,12-14H,5-6H2. The van der Waals surface area contributed by atoms with Gasteiger partial charge in [-0.3, -0.25) is 9.59 Å². The van der Waals surface area contributed by atoms with Crippen molar-refractivity contribution >= 4 is 24.5 Å². The van der Waals surface area contributed by atoms with E-state index in [0.29, 0.717) is 6.42 Å². The van der Waals surface area contributed by atoms with Gasteiger partial charge in [-0.1, -0.05) is 24.3 Å². The second kappa shape index (κ2) is 5.24. The van der Waals surface area contributed by atoms with Gasteiger partial charge >= 0.3 is 11.9 Å². The fourth-order valence-electron chi connectivity index (χ4n) is 3.44. The number of aldehydes is 2. The van der Waals surface area contributed by atoms with Crippen LogP contribution in [0.4, 0.5) is 0 Å². The topological polar surface area (TPSA) is 77.5 Å². The third-order valence-electron chi connectivity index (χ3n) is 4.45. The molecule has 5 heteroatoms. The molecule has 1 aromatic rings. The Balaban J connectivity index is 2.05. The van der Waals surface area contributed by atoms with Gasteiger partial charge in [0.2, 0.25) is 0 Å². The summed E-state index contributed by atoms with van der Waals surface area (Å²) in [6.45, 7) is 0. The first kappa shape index (κ1) is 13.7. The molecule has 1 aromatic carbocycles. The fourth-order valence-corrected chi connectivity index (χ4v) is 3.44. The Morgan fingerprint density at radius 3 is 2.29 bits per heavy atom. The van der Waals surface area contributed by atoms with Gasteiger partial charge in [0.15, 0.2) is 0 Å². The van der Waals surface area contributed by atoms with Crippen LogP contribution < -0.4 is 0 Å². The molecule has 0 spiro atoms. The molecule has 1 aliphatic heterocycles. The number of esters is 2. The fraction of sp³-hybridized carbons (Fsp3) is 0.375. The average Bonchev–Trinajstić information content (AvgIpc) is 2.84. The lowest BCUT2D eigenvalue weighted by atomic mass is 9.67. The molecule has 0 N–H and O–H groups in total. The van der Waals surface area contributed by atoms with Crippen molar-refractivity contribution in [2.24, 2.45) is 11.8 Å². The van der Waals surface area contributed by atoms with E-state index in [1.54, 1.807) is 12.1 Å². The van der Waals surface area contributed by atoms with Crippen LogP contribution in [0.25, 0.3) is 0 Å². The van der Waals surface area contributed by atoms with Crippen LogP contribution in [0.15, 0.2) is 24.3 Å². The van der Waals surface area contributed by atoms with E-state index in [-0.39, 0.29) is 12.3 Å². The summed E-state index contributed by atoms with van der Waals surface area (Å²) in [5, 5.41) is 0. The number of hydrogen-bond acceptors (Lipinski definition) is 5. The highest BCUT2D eigenvalue weighted by Gasteiger charge is 2.45. The molecule has 0 aromatic heterocycles. The largest absolute Gasteiger partial charge is 0.393 e. The van der Waals surface area contributed by atoms with Gasteiger partial charge in [0.25, 0.3) is 0 Å². The molecule has 3 rings (SSSR count). The van der Waals surface area contributed by atoms with Gasteiger partial charge in [-0.15, -0.1) is 0 Å². The third-order valence-corrected chi connectivity index (χ3v) is 4.45. The zero-order valence-corrected chi connectivity index (χ0v) is 11.2. The number of hydrogen-bond donors (Lipinski definition) is 0. The molecule has 0 bridgehead atoms. The van der Waals surface area contributed by atoms with Crippen molar-refractivity contribution in [3.05, 3.63) is 35.4 Å². The summed E-state index contributed by atoms with van der Waals surface area (Å²) >= 11 is 0. The van der Waals surface area contributed by atoms with E-state index < -0.39 is 29.7 Å². The summed E-state index contributed by atoms with van der Waals surface area (Å²) in [5.74, 6) is -2.83. The van der Waals surface area contributed by atoms with Gasteiger partial charge in [-0.2, -0.15) is 0 Å². The van der Waals surface area contributed by atoms with Crippen LogP contribution in [0.2, 0.25) is 0 Å². The smallest absolute Gasteiger partial charge is 0.317 e. The lowest BCUT2D eigenvalue weighted by Crippen LogP contribution is -2.31. The van der Waals surface area contributed by atoms with Gasteiger partial charge in [-0.25, -0.2) is 0 Å². The van der Waals surface area contributed by atoms with E-state index in [1.807, 2.05) is 12.1 Å². The first-order chi connectivity index (χ1) is 10.2. The molecule has 1 aliphatic carbocycles. The van der Waals surface area contributed by atoms with E-state index in [1.165, 1.54) is 0 Å². The van der Waals surface area contributed by atoms with Gasteiger partial charge in [0, 0.05) is 11.8 Å². The molecule has 0 amide bonds. The van der Waals surface area contributed by atoms with Crippen molar-refractivity contribution in [1.29, 1.82) is 0 Å². The molecule has 21 heavy (non-hydrogen) atoms. The predicted octanol–water partition coefficient (Wildman–Crippen LogP) is 1.36. The lowest BCUT2D eigenvalue weighted by Gasteiger charge is -2.34. The first-order valence-electron chi connectivity index (χ1n) is 6.89. The number of cyclic esters (lactones) is 2. The number of carbonyl (C=O) groups excluding carboxylic acids is 4. The van der Waals surface area contributed by atoms with Gasteiger partial charge < -0.3 is 14.3 Å². The molecule has 0 saturated carbocycles. The van der Waals surface area contributed by atoms with Crippen molar-refractivity contribution in [2.75, 3.05) is 0 Å². The molecule has 1 saturated heterocycles. The molecular weight excluding hydrogens is 272 g/mol. The third kappa shape index (κ3) is 2.18. The summed E-state index contributed by atoms with van der Waals surface area (Å²) in [4.78, 5) is 45.8. The van der Waals surface area contributed by atoms with Crippen LogP contribution in [-0.4, -0.2) is 24.5 Å². The van der Waals surface area contributed by atoms with E-state index in [2.05, 4.69) is 4.74 Å². The SMILES string of the molecule is O=CC1CC(C2CC(=O)OC2=O)c2ccccc2C1C=O. The molecule has 108 valence electrons. The van der Waals surface area contributed by atoms with Crippen molar-refractivity contribution < 1.29 is 23.9 Å². The second-order valence-electron chi connectivity index (χ2n) is 5.54. The van der Waals surface area contributed by atoms with Crippen molar-refractivity contribution in [2.45, 2.75) is 24.7 Å². The Morgan fingerprint density at radius 2 is 1.71 bits per heavy atom. The maximum Gasteiger partial charge on any atom is 0.317 e. The monoisotopic (exact) mass is 286 g/mol. The Morgan fingerprint density at radius 1 is 1.00 bits per heavy atom. The van der Waals surface area contributed by atoms with E-state index in [9.17, 15) is 19.2 Å². The minimum absolute atomic E-state index is 0.0369. The van der Waals surface area contributed by atoms with Crippen LogP contribution in [0.1, 0.15) is 35.8 Å². The Kier molecular flexibility index (Phi) is 3.41. The number of carbonyl (C=O) groups is 4. The molecule has 0 radical (unpaired) electrons. The first-order valence-corrected chi connectivity index (χ1v) is 6.89. The normalized spacial score (nSPS) is 31.4. The van der Waals surface area contributed by atoms with Crippen molar-refractivity contribution in [1.82, 2.24) is 0 Å². The lowest BCUT2D eigenvalue weighted by molar-refractivity contribution is -0.153. The summed E-state index contributed by atoms with van der Waals surface area (Å²) in [7, 11) is 0. The predicted molar refractivity (Wildman–Crippen MR) is 71.4 cm³/mol. The van der Waals surface area contributed by atoms with Crippen LogP contribution >= 0.6 is 0 Å². The molecule has 4 unspecified atom stereocenters. The average molecular weight is 286 g/mol. The van der Waals surface area contributed by atoms with E-state index in [0.717, 1.165) is 23.7 Å². The van der Waals surface area contributed by atoms with Gasteiger partial charge in [0.05, 0.1) is 12.3 Å². The maximum absolute atomic E-state index is 11.8. The highest BCUT2D eigenvalue weighted by Crippen LogP contribution is 2.46. The van der Waals surface area contributed by atoms with Crippen LogP contribution in [0.5, 0.6) is 0 Å². The van der Waals surface area contributed by atoms with Crippen LogP contribution in [-0.2, 0) is 23.9 Å². The zero-order chi connectivity index (χ0) is 15.0. The second-order valence-corrected chi connectivity index (χ2v) is 5.54.